The second-order valence-electron chi connectivity index (χ2n) is 13.7. The quantitative estimate of drug-likeness (QED) is 0.266. The van der Waals surface area contributed by atoms with Crippen LogP contribution in [0.5, 0.6) is 0 Å². The van der Waals surface area contributed by atoms with Crippen molar-refractivity contribution in [3.63, 3.8) is 0 Å². The molecule has 2 saturated heterocycles. The van der Waals surface area contributed by atoms with Gasteiger partial charge in [-0.15, -0.1) is 11.3 Å². The number of ether oxygens (including phenoxy) is 1. The molecule has 46 heavy (non-hydrogen) atoms. The van der Waals surface area contributed by atoms with Gasteiger partial charge in [0.2, 0.25) is 11.8 Å². The summed E-state index contributed by atoms with van der Waals surface area (Å²) < 4.78 is 6.57. The number of rotatable bonds is 11. The van der Waals surface area contributed by atoms with E-state index in [1.807, 2.05) is 55.5 Å². The summed E-state index contributed by atoms with van der Waals surface area (Å²) in [5.74, 6) is 0.486. The molecule has 0 radical (unpaired) electrons. The molecular weight excluding hydrogens is 596 g/mol. The maximum atomic E-state index is 14.0. The van der Waals surface area contributed by atoms with Crippen LogP contribution in [0.1, 0.15) is 72.2 Å². The molecule has 3 aliphatic rings. The third-order valence-electron chi connectivity index (χ3n) is 10.2. The van der Waals surface area contributed by atoms with E-state index in [1.165, 1.54) is 11.3 Å². The summed E-state index contributed by atoms with van der Waals surface area (Å²) in [6, 6.07) is 17.1. The maximum absolute atomic E-state index is 14.0. The number of hydrogen-bond donors (Lipinski definition) is 3. The van der Waals surface area contributed by atoms with Gasteiger partial charge in [0.05, 0.1) is 4.88 Å². The van der Waals surface area contributed by atoms with Gasteiger partial charge >= 0.3 is 0 Å². The molecule has 2 aliphatic heterocycles. The molecule has 0 spiro atoms. The van der Waals surface area contributed by atoms with Crippen LogP contribution in [0.2, 0.25) is 0 Å². The lowest BCUT2D eigenvalue weighted by Gasteiger charge is -2.35. The van der Waals surface area contributed by atoms with Gasteiger partial charge in [0.1, 0.15) is 11.6 Å². The van der Waals surface area contributed by atoms with Crippen molar-refractivity contribution in [1.82, 2.24) is 20.9 Å². The van der Waals surface area contributed by atoms with Gasteiger partial charge in [-0.05, 0) is 93.5 Å². The summed E-state index contributed by atoms with van der Waals surface area (Å²) in [6.07, 6.45) is 7.63. The Kier molecular flexibility index (Phi) is 10.7. The summed E-state index contributed by atoms with van der Waals surface area (Å²) in [4.78, 5) is 44.4. The lowest BCUT2D eigenvalue weighted by atomic mass is 9.93. The standard InChI is InChI=1S/C37H48N4O4S/c1-26-9-10-32-30(21-26)23-33(46-32)35(43)40-37(15-5-6-16-37)36(44)39-31(22-27-7-3-2-4-8-27)34(42)38-24-28-11-17-41(18-12-28)25-29-13-19-45-20-14-29/h2-4,7-10,21,23,28-29,31H,5-6,11-20,22,24-25H2,1H3,(H,38,42)(H,39,44)(H,40,43)/t31-/m1/s1. The Balaban J connectivity index is 1.08. The molecule has 6 rings (SSSR count). The molecule has 3 heterocycles. The minimum Gasteiger partial charge on any atom is -0.381 e. The van der Waals surface area contributed by atoms with Crippen molar-refractivity contribution >= 4 is 39.1 Å². The topological polar surface area (TPSA) is 99.8 Å². The van der Waals surface area contributed by atoms with Gasteiger partial charge < -0.3 is 25.6 Å². The minimum absolute atomic E-state index is 0.166. The third-order valence-corrected chi connectivity index (χ3v) is 11.3. The van der Waals surface area contributed by atoms with E-state index in [0.717, 1.165) is 98.5 Å². The first-order chi connectivity index (χ1) is 22.4. The Labute approximate surface area is 276 Å². The molecule has 1 aliphatic carbocycles. The van der Waals surface area contributed by atoms with Crippen molar-refractivity contribution < 1.29 is 19.1 Å². The average molecular weight is 645 g/mol. The Morgan fingerprint density at radius 2 is 1.70 bits per heavy atom. The van der Waals surface area contributed by atoms with Gasteiger partial charge in [-0.25, -0.2) is 0 Å². The molecule has 3 N–H and O–H groups in total. The third kappa shape index (κ3) is 8.17. The van der Waals surface area contributed by atoms with Crippen LogP contribution in [-0.4, -0.2) is 73.6 Å². The number of aryl methyl sites for hydroxylation is 1. The Morgan fingerprint density at radius 3 is 2.43 bits per heavy atom. The maximum Gasteiger partial charge on any atom is 0.262 e. The van der Waals surface area contributed by atoms with Crippen LogP contribution < -0.4 is 16.0 Å². The largest absolute Gasteiger partial charge is 0.381 e. The molecule has 9 heteroatoms. The summed E-state index contributed by atoms with van der Waals surface area (Å²) in [5.41, 5.74) is 1.09. The SMILES string of the molecule is Cc1ccc2sc(C(=O)NC3(C(=O)N[C@H](Cc4ccccc4)C(=O)NCC4CCN(CC5CCOCC5)CC4)CCCC3)cc2c1. The predicted octanol–water partition coefficient (Wildman–Crippen LogP) is 5.23. The first kappa shape index (κ1) is 32.7. The van der Waals surface area contributed by atoms with E-state index in [1.54, 1.807) is 0 Å². The number of fused-ring (bicyclic) bond motifs is 1. The second-order valence-corrected chi connectivity index (χ2v) is 14.7. The molecule has 2 aromatic carbocycles. The number of carbonyl (C=O) groups is 3. The van der Waals surface area contributed by atoms with E-state index >= 15 is 0 Å². The number of likely N-dealkylation sites (tertiary alicyclic amines) is 1. The highest BCUT2D eigenvalue weighted by molar-refractivity contribution is 7.20. The molecule has 1 atom stereocenters. The Bertz CT molecular complexity index is 1490. The zero-order valence-corrected chi connectivity index (χ0v) is 27.8. The van der Waals surface area contributed by atoms with Crippen molar-refractivity contribution in [2.75, 3.05) is 39.4 Å². The predicted molar refractivity (Wildman–Crippen MR) is 183 cm³/mol. The number of thiophene rings is 1. The van der Waals surface area contributed by atoms with Crippen molar-refractivity contribution in [1.29, 1.82) is 0 Å². The normalized spacial score (nSPS) is 19.9. The minimum atomic E-state index is -1.03. The molecule has 3 amide bonds. The smallest absolute Gasteiger partial charge is 0.262 e. The number of nitrogens with zero attached hydrogens (tertiary/aromatic N) is 1. The lowest BCUT2D eigenvalue weighted by Crippen LogP contribution is -2.61. The molecule has 246 valence electrons. The number of carbonyl (C=O) groups excluding carboxylic acids is 3. The zero-order valence-electron chi connectivity index (χ0n) is 27.0. The number of benzene rings is 2. The molecule has 3 fully saturated rings. The van der Waals surface area contributed by atoms with E-state index < -0.39 is 11.6 Å². The molecule has 1 saturated carbocycles. The van der Waals surface area contributed by atoms with E-state index in [2.05, 4.69) is 26.9 Å². The summed E-state index contributed by atoms with van der Waals surface area (Å²) in [5, 5.41) is 10.4. The van der Waals surface area contributed by atoms with Crippen LogP contribution in [0, 0.1) is 18.8 Å². The van der Waals surface area contributed by atoms with Crippen LogP contribution in [0.25, 0.3) is 10.1 Å². The van der Waals surface area contributed by atoms with Crippen molar-refractivity contribution in [3.05, 3.63) is 70.6 Å². The first-order valence-electron chi connectivity index (χ1n) is 17.1. The highest BCUT2D eigenvalue weighted by Gasteiger charge is 2.44. The second kappa shape index (κ2) is 15.1. The first-order valence-corrected chi connectivity index (χ1v) is 17.9. The van der Waals surface area contributed by atoms with Gasteiger partial charge in [-0.2, -0.15) is 0 Å². The van der Waals surface area contributed by atoms with Gasteiger partial charge in [0.25, 0.3) is 5.91 Å². The van der Waals surface area contributed by atoms with Crippen LogP contribution >= 0.6 is 11.3 Å². The van der Waals surface area contributed by atoms with Crippen molar-refractivity contribution in [3.8, 4) is 0 Å². The number of hydrogen-bond acceptors (Lipinski definition) is 6. The van der Waals surface area contributed by atoms with Crippen LogP contribution in [0.4, 0.5) is 0 Å². The fraction of sp³-hybridized carbons (Fsp3) is 0.541. The molecule has 8 nitrogen and oxygen atoms in total. The summed E-state index contributed by atoms with van der Waals surface area (Å²) in [7, 11) is 0. The van der Waals surface area contributed by atoms with Gasteiger partial charge in [0.15, 0.2) is 0 Å². The van der Waals surface area contributed by atoms with Crippen LogP contribution in [-0.2, 0) is 20.7 Å². The van der Waals surface area contributed by atoms with Gasteiger partial charge in [-0.1, -0.05) is 60.9 Å². The van der Waals surface area contributed by atoms with Crippen molar-refractivity contribution in [2.24, 2.45) is 11.8 Å². The number of amides is 3. The van der Waals surface area contributed by atoms with Crippen LogP contribution in [0.3, 0.4) is 0 Å². The van der Waals surface area contributed by atoms with Crippen molar-refractivity contribution in [2.45, 2.75) is 76.3 Å². The monoisotopic (exact) mass is 644 g/mol. The fourth-order valence-corrected chi connectivity index (χ4v) is 8.27. The Morgan fingerprint density at radius 1 is 0.957 bits per heavy atom. The highest BCUT2D eigenvalue weighted by atomic mass is 32.1. The van der Waals surface area contributed by atoms with E-state index in [4.69, 9.17) is 4.74 Å². The fourth-order valence-electron chi connectivity index (χ4n) is 7.33. The number of nitrogens with one attached hydrogen (secondary N) is 3. The number of piperidine rings is 1. The van der Waals surface area contributed by atoms with E-state index in [9.17, 15) is 14.4 Å². The van der Waals surface area contributed by atoms with E-state index in [-0.39, 0.29) is 17.7 Å². The molecule has 0 unspecified atom stereocenters. The molecule has 3 aromatic rings. The average Bonchev–Trinajstić information content (AvgIpc) is 3.73. The summed E-state index contributed by atoms with van der Waals surface area (Å²) >= 11 is 1.44. The van der Waals surface area contributed by atoms with E-state index in [0.29, 0.717) is 36.6 Å². The summed E-state index contributed by atoms with van der Waals surface area (Å²) in [6.45, 7) is 7.68. The van der Waals surface area contributed by atoms with Gasteiger partial charge in [-0.3, -0.25) is 14.4 Å². The Hall–Kier alpha value is -3.27. The van der Waals surface area contributed by atoms with Crippen LogP contribution in [0.15, 0.2) is 54.6 Å². The molecular formula is C37H48N4O4S. The lowest BCUT2D eigenvalue weighted by molar-refractivity contribution is -0.132. The van der Waals surface area contributed by atoms with Gasteiger partial charge in [0, 0.05) is 37.4 Å². The highest BCUT2D eigenvalue weighted by Crippen LogP contribution is 2.32. The molecule has 1 aromatic heterocycles. The molecule has 0 bridgehead atoms. The zero-order chi connectivity index (χ0) is 31.9.